The van der Waals surface area contributed by atoms with E-state index in [9.17, 15) is 0 Å². The third-order valence-corrected chi connectivity index (χ3v) is 3.41. The van der Waals surface area contributed by atoms with Crippen molar-refractivity contribution in [1.82, 2.24) is 0 Å². The number of rotatable bonds is 2. The Morgan fingerprint density at radius 3 is 2.73 bits per heavy atom. The first-order chi connectivity index (χ1) is 7.16. The third-order valence-electron chi connectivity index (χ3n) is 2.55. The molecule has 0 aliphatic rings. The molecular formula is C14H17Br. The summed E-state index contributed by atoms with van der Waals surface area (Å²) in [6.07, 6.45) is 1.90. The van der Waals surface area contributed by atoms with Gasteiger partial charge in [0.1, 0.15) is 0 Å². The Bertz CT molecular complexity index is 382. The summed E-state index contributed by atoms with van der Waals surface area (Å²) in [4.78, 5) is 0. The fourth-order valence-corrected chi connectivity index (χ4v) is 2.00. The fourth-order valence-electron chi connectivity index (χ4n) is 1.62. The molecule has 0 radical (unpaired) electrons. The minimum absolute atomic E-state index is 0.515. The molecule has 1 aromatic rings. The first-order valence-electron chi connectivity index (χ1n) is 5.37. The molecule has 1 aromatic carbocycles. The van der Waals surface area contributed by atoms with Gasteiger partial charge in [-0.3, -0.25) is 0 Å². The SMILES string of the molecule is CCC#CCC(C)c1cccc(Br)c1C. The van der Waals surface area contributed by atoms with Gasteiger partial charge in [-0.05, 0) is 30.0 Å². The van der Waals surface area contributed by atoms with Crippen LogP contribution in [0.5, 0.6) is 0 Å². The Balaban J connectivity index is 2.82. The largest absolute Gasteiger partial charge is 0.104 e. The maximum absolute atomic E-state index is 3.56. The van der Waals surface area contributed by atoms with Crippen molar-refractivity contribution in [2.75, 3.05) is 0 Å². The standard InChI is InChI=1S/C14H17Br/c1-4-5-6-8-11(2)13-9-7-10-14(15)12(13)3/h7,9-11H,4,8H2,1-3H3. The van der Waals surface area contributed by atoms with E-state index in [1.54, 1.807) is 0 Å². The second-order valence-corrected chi connectivity index (χ2v) is 4.62. The lowest BCUT2D eigenvalue weighted by Crippen LogP contribution is -1.96. The summed E-state index contributed by atoms with van der Waals surface area (Å²) in [5.41, 5.74) is 2.73. The average molecular weight is 265 g/mol. The molecule has 0 saturated carbocycles. The molecule has 0 spiro atoms. The van der Waals surface area contributed by atoms with Gasteiger partial charge in [-0.15, -0.1) is 11.8 Å². The molecule has 0 bridgehead atoms. The zero-order valence-electron chi connectivity index (χ0n) is 9.60. The molecule has 0 aliphatic carbocycles. The summed E-state index contributed by atoms with van der Waals surface area (Å²) in [6.45, 7) is 6.48. The highest BCUT2D eigenvalue weighted by atomic mass is 79.9. The number of hydrogen-bond donors (Lipinski definition) is 0. The Kier molecular flexibility index (Phi) is 4.91. The van der Waals surface area contributed by atoms with E-state index >= 15 is 0 Å². The second kappa shape index (κ2) is 5.98. The van der Waals surface area contributed by atoms with E-state index < -0.39 is 0 Å². The van der Waals surface area contributed by atoms with E-state index in [4.69, 9.17) is 0 Å². The second-order valence-electron chi connectivity index (χ2n) is 3.77. The van der Waals surface area contributed by atoms with Crippen LogP contribution in [0.3, 0.4) is 0 Å². The molecule has 1 unspecified atom stereocenters. The highest BCUT2D eigenvalue weighted by Crippen LogP contribution is 2.27. The summed E-state index contributed by atoms with van der Waals surface area (Å²) in [7, 11) is 0. The molecule has 15 heavy (non-hydrogen) atoms. The summed E-state index contributed by atoms with van der Waals surface area (Å²) in [6, 6.07) is 6.37. The van der Waals surface area contributed by atoms with Crippen molar-refractivity contribution in [3.8, 4) is 11.8 Å². The predicted molar refractivity (Wildman–Crippen MR) is 70.0 cm³/mol. The van der Waals surface area contributed by atoms with Crippen molar-refractivity contribution in [2.45, 2.75) is 39.5 Å². The van der Waals surface area contributed by atoms with Gasteiger partial charge in [0.05, 0.1) is 0 Å². The molecule has 0 amide bonds. The van der Waals surface area contributed by atoms with E-state index in [1.165, 1.54) is 15.6 Å². The Labute approximate surface area is 101 Å². The van der Waals surface area contributed by atoms with Gasteiger partial charge in [0.2, 0.25) is 0 Å². The summed E-state index contributed by atoms with van der Waals surface area (Å²) >= 11 is 3.56. The first-order valence-corrected chi connectivity index (χ1v) is 6.16. The van der Waals surface area contributed by atoms with Gasteiger partial charge in [0, 0.05) is 17.3 Å². The van der Waals surface area contributed by atoms with Crippen LogP contribution in [0.2, 0.25) is 0 Å². The molecule has 0 saturated heterocycles. The summed E-state index contributed by atoms with van der Waals surface area (Å²) in [5.74, 6) is 6.85. The van der Waals surface area contributed by atoms with Gasteiger partial charge < -0.3 is 0 Å². The third kappa shape index (κ3) is 3.39. The monoisotopic (exact) mass is 264 g/mol. The van der Waals surface area contributed by atoms with Gasteiger partial charge in [0.25, 0.3) is 0 Å². The Morgan fingerprint density at radius 2 is 2.07 bits per heavy atom. The van der Waals surface area contributed by atoms with Crippen molar-refractivity contribution in [2.24, 2.45) is 0 Å². The molecule has 0 aromatic heterocycles. The first kappa shape index (κ1) is 12.3. The average Bonchev–Trinajstić information content (AvgIpc) is 2.22. The van der Waals surface area contributed by atoms with Crippen LogP contribution in [0.1, 0.15) is 43.7 Å². The van der Waals surface area contributed by atoms with Crippen LogP contribution in [0.4, 0.5) is 0 Å². The summed E-state index contributed by atoms with van der Waals surface area (Å²) < 4.78 is 1.19. The smallest absolute Gasteiger partial charge is 0.0207 e. The Morgan fingerprint density at radius 1 is 1.33 bits per heavy atom. The quantitative estimate of drug-likeness (QED) is 0.682. The zero-order chi connectivity index (χ0) is 11.3. The van der Waals surface area contributed by atoms with Crippen LogP contribution >= 0.6 is 15.9 Å². The van der Waals surface area contributed by atoms with Crippen LogP contribution in [-0.2, 0) is 0 Å². The van der Waals surface area contributed by atoms with Crippen molar-refractivity contribution in [3.05, 3.63) is 33.8 Å². The van der Waals surface area contributed by atoms with E-state index in [1.807, 2.05) is 0 Å². The molecule has 0 fully saturated rings. The van der Waals surface area contributed by atoms with Crippen molar-refractivity contribution in [3.63, 3.8) is 0 Å². The van der Waals surface area contributed by atoms with Crippen molar-refractivity contribution >= 4 is 15.9 Å². The van der Waals surface area contributed by atoms with Crippen molar-refractivity contribution in [1.29, 1.82) is 0 Å². The van der Waals surface area contributed by atoms with Crippen LogP contribution in [-0.4, -0.2) is 0 Å². The van der Waals surface area contributed by atoms with Gasteiger partial charge in [-0.25, -0.2) is 0 Å². The molecule has 0 heterocycles. The van der Waals surface area contributed by atoms with Crippen LogP contribution in [0.15, 0.2) is 22.7 Å². The maximum Gasteiger partial charge on any atom is 0.0207 e. The number of halogens is 1. The molecule has 0 nitrogen and oxygen atoms in total. The fraction of sp³-hybridized carbons (Fsp3) is 0.429. The van der Waals surface area contributed by atoms with Gasteiger partial charge >= 0.3 is 0 Å². The van der Waals surface area contributed by atoms with Gasteiger partial charge in [-0.2, -0.15) is 0 Å². The predicted octanol–water partition coefficient (Wildman–Crippen LogP) is 4.66. The van der Waals surface area contributed by atoms with Crippen LogP contribution < -0.4 is 0 Å². The van der Waals surface area contributed by atoms with Crippen LogP contribution in [0.25, 0.3) is 0 Å². The number of hydrogen-bond acceptors (Lipinski definition) is 0. The molecular weight excluding hydrogens is 248 g/mol. The lowest BCUT2D eigenvalue weighted by Gasteiger charge is -2.12. The summed E-state index contributed by atoms with van der Waals surface area (Å²) in [5, 5.41) is 0. The molecule has 1 rings (SSSR count). The highest BCUT2D eigenvalue weighted by molar-refractivity contribution is 9.10. The normalized spacial score (nSPS) is 11.7. The topological polar surface area (TPSA) is 0 Å². The van der Waals surface area contributed by atoms with Gasteiger partial charge in [0.15, 0.2) is 0 Å². The minimum atomic E-state index is 0.515. The maximum atomic E-state index is 3.56. The van der Waals surface area contributed by atoms with Gasteiger partial charge in [-0.1, -0.05) is 41.9 Å². The Hall–Kier alpha value is -0.740. The molecule has 0 aliphatic heterocycles. The van der Waals surface area contributed by atoms with E-state index in [-0.39, 0.29) is 0 Å². The zero-order valence-corrected chi connectivity index (χ0v) is 11.2. The molecule has 80 valence electrons. The lowest BCUT2D eigenvalue weighted by atomic mass is 9.94. The molecule has 0 N–H and O–H groups in total. The minimum Gasteiger partial charge on any atom is -0.104 e. The van der Waals surface area contributed by atoms with E-state index in [0.717, 1.165) is 12.8 Å². The van der Waals surface area contributed by atoms with Crippen LogP contribution in [0, 0.1) is 18.8 Å². The highest BCUT2D eigenvalue weighted by Gasteiger charge is 2.08. The lowest BCUT2D eigenvalue weighted by molar-refractivity contribution is 0.787. The number of benzene rings is 1. The molecule has 1 heteroatoms. The molecule has 1 atom stereocenters. The van der Waals surface area contributed by atoms with Crippen molar-refractivity contribution < 1.29 is 0 Å². The van der Waals surface area contributed by atoms with E-state index in [0.29, 0.717) is 5.92 Å². The van der Waals surface area contributed by atoms with E-state index in [2.05, 4.69) is 66.7 Å².